The predicted octanol–water partition coefficient (Wildman–Crippen LogP) is 6.01. The lowest BCUT2D eigenvalue weighted by molar-refractivity contribution is -0.127. The van der Waals surface area contributed by atoms with Crippen molar-refractivity contribution in [1.29, 1.82) is 0 Å². The zero-order valence-electron chi connectivity index (χ0n) is 26.1. The summed E-state index contributed by atoms with van der Waals surface area (Å²) in [6.07, 6.45) is 9.48. The average Bonchev–Trinajstić information content (AvgIpc) is 3.90. The summed E-state index contributed by atoms with van der Waals surface area (Å²) in [6.45, 7) is 7.33. The van der Waals surface area contributed by atoms with E-state index in [1.165, 1.54) is 24.5 Å². The van der Waals surface area contributed by atoms with Crippen LogP contribution in [0.3, 0.4) is 0 Å². The lowest BCUT2D eigenvalue weighted by Crippen LogP contribution is -2.63. The number of likely N-dealkylation sites (tertiary alicyclic amines) is 1. The van der Waals surface area contributed by atoms with E-state index in [0.717, 1.165) is 56.5 Å². The highest BCUT2D eigenvalue weighted by molar-refractivity contribution is 7.22. The number of amides is 1. The number of ether oxygens (including phenoxy) is 1. The first kappa shape index (κ1) is 29.5. The molecule has 0 spiro atoms. The highest BCUT2D eigenvalue weighted by Crippen LogP contribution is 2.47. The Morgan fingerprint density at radius 2 is 1.94 bits per heavy atom. The zero-order valence-corrected chi connectivity index (χ0v) is 26.9. The minimum absolute atomic E-state index is 0.00779. The summed E-state index contributed by atoms with van der Waals surface area (Å²) in [7, 11) is 0. The van der Waals surface area contributed by atoms with Crippen LogP contribution in [0.1, 0.15) is 32.1 Å². The summed E-state index contributed by atoms with van der Waals surface area (Å²) in [6, 6.07) is 6.58. The fourth-order valence-electron chi connectivity index (χ4n) is 8.49. The van der Waals surface area contributed by atoms with Gasteiger partial charge in [-0.2, -0.15) is 9.97 Å². The van der Waals surface area contributed by atoms with Gasteiger partial charge in [0.1, 0.15) is 23.8 Å². The maximum Gasteiger partial charge on any atom is 0.319 e. The molecule has 0 aliphatic carbocycles. The molecule has 2 atom stereocenters. The fourth-order valence-corrected chi connectivity index (χ4v) is 9.26. The van der Waals surface area contributed by atoms with Gasteiger partial charge in [-0.15, -0.1) is 0 Å². The number of carbonyl (C=O) groups is 1. The quantitative estimate of drug-likeness (QED) is 0.208. The van der Waals surface area contributed by atoms with Crippen LogP contribution in [-0.2, 0) is 4.79 Å². The van der Waals surface area contributed by atoms with Crippen molar-refractivity contribution in [2.24, 2.45) is 0 Å². The molecule has 13 heteroatoms. The Balaban J connectivity index is 1.23. The SMILES string of the molecule is C=CC(=O)N1CCC2C1CN2c1nc(OCC23CCCN2CCC3)nc2c(F)c(-c3ccc(F)c4sc(N)nc34)c(-c3ccoc3)cc12. The Morgan fingerprint density at radius 3 is 2.71 bits per heavy atom. The van der Waals surface area contributed by atoms with Crippen LogP contribution in [0, 0.1) is 11.6 Å². The lowest BCUT2D eigenvalue weighted by atomic mass is 9.91. The molecule has 48 heavy (non-hydrogen) atoms. The molecule has 5 aromatic rings. The number of furan rings is 1. The molecule has 4 fully saturated rings. The van der Waals surface area contributed by atoms with E-state index in [0.29, 0.717) is 47.6 Å². The van der Waals surface area contributed by atoms with Crippen LogP contribution in [0.5, 0.6) is 6.01 Å². The first-order valence-electron chi connectivity index (χ1n) is 16.3. The second-order valence-corrected chi connectivity index (χ2v) is 14.2. The van der Waals surface area contributed by atoms with E-state index in [9.17, 15) is 9.18 Å². The van der Waals surface area contributed by atoms with Gasteiger partial charge >= 0.3 is 6.01 Å². The van der Waals surface area contributed by atoms with Gasteiger partial charge in [-0.05, 0) is 81.1 Å². The van der Waals surface area contributed by atoms with Gasteiger partial charge < -0.3 is 24.7 Å². The molecule has 2 N–H and O–H groups in total. The van der Waals surface area contributed by atoms with Crippen LogP contribution in [0.25, 0.3) is 43.4 Å². The maximum atomic E-state index is 17.4. The normalized spacial score (nSPS) is 21.5. The van der Waals surface area contributed by atoms with Crippen LogP contribution in [0.4, 0.5) is 19.7 Å². The Bertz CT molecular complexity index is 2110. The topological polar surface area (TPSA) is 114 Å². The first-order chi connectivity index (χ1) is 23.3. The molecule has 7 heterocycles. The number of carbonyl (C=O) groups excluding carboxylic acids is 1. The third-order valence-corrected chi connectivity index (χ3v) is 11.7. The minimum Gasteiger partial charge on any atom is -0.472 e. The van der Waals surface area contributed by atoms with Crippen molar-refractivity contribution >= 4 is 49.3 Å². The van der Waals surface area contributed by atoms with E-state index in [2.05, 4.69) is 21.4 Å². The summed E-state index contributed by atoms with van der Waals surface area (Å²) in [5, 5.41) is 0.687. The lowest BCUT2D eigenvalue weighted by Gasteiger charge is -2.47. The maximum absolute atomic E-state index is 17.4. The number of anilines is 2. The molecule has 2 unspecified atom stereocenters. The van der Waals surface area contributed by atoms with Crippen molar-refractivity contribution in [2.45, 2.75) is 49.7 Å². The van der Waals surface area contributed by atoms with Crippen LogP contribution < -0.4 is 15.4 Å². The van der Waals surface area contributed by atoms with Crippen LogP contribution in [0.2, 0.25) is 0 Å². The van der Waals surface area contributed by atoms with Crippen LogP contribution in [0.15, 0.2) is 53.9 Å². The van der Waals surface area contributed by atoms with Gasteiger partial charge in [0.15, 0.2) is 10.9 Å². The monoisotopic (exact) mass is 669 g/mol. The van der Waals surface area contributed by atoms with Crippen molar-refractivity contribution in [2.75, 3.05) is 43.4 Å². The number of nitrogens with two attached hydrogens (primary N) is 1. The molecule has 3 aromatic heterocycles. The molecule has 0 radical (unpaired) electrons. The molecule has 246 valence electrons. The smallest absolute Gasteiger partial charge is 0.319 e. The van der Waals surface area contributed by atoms with Gasteiger partial charge in [0.25, 0.3) is 0 Å². The number of hydrogen-bond donors (Lipinski definition) is 1. The number of thiazole rings is 1. The van der Waals surface area contributed by atoms with Crippen molar-refractivity contribution in [1.82, 2.24) is 24.8 Å². The number of fused-ring (bicyclic) bond motifs is 4. The van der Waals surface area contributed by atoms with Crippen molar-refractivity contribution in [3.63, 3.8) is 0 Å². The van der Waals surface area contributed by atoms with Gasteiger partial charge in [0.2, 0.25) is 5.91 Å². The molecular formula is C35H33F2N7O3S. The average molecular weight is 670 g/mol. The number of benzene rings is 2. The van der Waals surface area contributed by atoms with Crippen molar-refractivity contribution in [3.8, 4) is 28.3 Å². The molecule has 4 aliphatic rings. The third-order valence-electron chi connectivity index (χ3n) is 10.8. The molecule has 1 amide bonds. The minimum atomic E-state index is -0.606. The number of nitrogens with zero attached hydrogens (tertiary/aromatic N) is 6. The largest absolute Gasteiger partial charge is 0.472 e. The third kappa shape index (κ3) is 4.36. The summed E-state index contributed by atoms with van der Waals surface area (Å²) in [5.41, 5.74) is 8.07. The number of hydrogen-bond acceptors (Lipinski definition) is 10. The summed E-state index contributed by atoms with van der Waals surface area (Å²) >= 11 is 1.02. The van der Waals surface area contributed by atoms with Crippen LogP contribution >= 0.6 is 11.3 Å². The number of aromatic nitrogens is 3. The molecule has 4 saturated heterocycles. The Morgan fingerprint density at radius 1 is 1.10 bits per heavy atom. The highest BCUT2D eigenvalue weighted by Gasteiger charge is 2.50. The van der Waals surface area contributed by atoms with Gasteiger partial charge in [0.05, 0.1) is 40.4 Å². The van der Waals surface area contributed by atoms with Gasteiger partial charge in [-0.25, -0.2) is 13.8 Å². The van der Waals surface area contributed by atoms with E-state index < -0.39 is 11.6 Å². The van der Waals surface area contributed by atoms with Crippen LogP contribution in [-0.4, -0.2) is 81.1 Å². The second-order valence-electron chi connectivity index (χ2n) is 13.2. The van der Waals surface area contributed by atoms with Crippen molar-refractivity contribution in [3.05, 3.63) is 61.1 Å². The Labute approximate surface area is 278 Å². The van der Waals surface area contributed by atoms with Gasteiger partial charge in [0, 0.05) is 35.2 Å². The molecule has 0 saturated carbocycles. The molecule has 9 rings (SSSR count). The molecule has 4 aliphatic heterocycles. The van der Waals surface area contributed by atoms with E-state index in [-0.39, 0.29) is 56.0 Å². The summed E-state index contributed by atoms with van der Waals surface area (Å²) in [5.74, 6) is -0.629. The number of nitrogen functional groups attached to an aromatic ring is 1. The van der Waals surface area contributed by atoms with Gasteiger partial charge in [-0.3, -0.25) is 9.69 Å². The van der Waals surface area contributed by atoms with Crippen molar-refractivity contribution < 1.29 is 22.7 Å². The number of halogens is 2. The fraction of sp³-hybridized carbons (Fsp3) is 0.371. The second kappa shape index (κ2) is 11.0. The molecule has 0 bridgehead atoms. The predicted molar refractivity (Wildman–Crippen MR) is 180 cm³/mol. The number of rotatable bonds is 7. The van der Waals surface area contributed by atoms with E-state index in [4.69, 9.17) is 24.9 Å². The van der Waals surface area contributed by atoms with E-state index in [1.807, 2.05) is 11.0 Å². The Kier molecular flexibility index (Phi) is 6.74. The van der Waals surface area contributed by atoms with E-state index >= 15 is 4.39 Å². The highest BCUT2D eigenvalue weighted by atomic mass is 32.1. The molecule has 2 aromatic carbocycles. The summed E-state index contributed by atoms with van der Waals surface area (Å²) in [4.78, 5) is 33.1. The van der Waals surface area contributed by atoms with Gasteiger partial charge in [-0.1, -0.05) is 17.9 Å². The van der Waals surface area contributed by atoms with E-state index in [1.54, 1.807) is 12.3 Å². The molecular weight excluding hydrogens is 636 g/mol. The Hall–Kier alpha value is -4.62. The zero-order chi connectivity index (χ0) is 32.7. The first-order valence-corrected chi connectivity index (χ1v) is 17.2. The molecule has 10 nitrogen and oxygen atoms in total. The standard InChI is InChI=1S/C35H33F2N7O3S/c1-2-26(45)43-13-7-24-25(43)16-44(24)32-22-15-21(19-8-14-46-17-19)27(20-5-6-23(36)31-30(20)39-33(38)48-31)28(37)29(22)40-34(41-32)47-18-35-9-3-11-42(35)12-4-10-35/h2,5-6,8,14-15,17,24-25H,1,3-4,7,9-13,16,18H2,(H2,38,39). The summed E-state index contributed by atoms with van der Waals surface area (Å²) < 4.78 is 44.4.